The van der Waals surface area contributed by atoms with Gasteiger partial charge in [-0.2, -0.15) is 0 Å². The van der Waals surface area contributed by atoms with Crippen molar-refractivity contribution in [3.8, 4) is 0 Å². The second-order valence-electron chi connectivity index (χ2n) is 3.01. The van der Waals surface area contributed by atoms with E-state index >= 15 is 0 Å². The highest BCUT2D eigenvalue weighted by Crippen LogP contribution is 2.30. The average molecular weight is 296 g/mol. The second-order valence-corrected chi connectivity index (χ2v) is 4.01. The number of hydrogen-bond acceptors (Lipinski definition) is 1. The Morgan fingerprint density at radius 2 is 2.20 bits per heavy atom. The van der Waals surface area contributed by atoms with Gasteiger partial charge in [-0.1, -0.05) is 27.5 Å². The van der Waals surface area contributed by atoms with Crippen molar-refractivity contribution in [2.24, 2.45) is 0 Å². The number of aromatic nitrogens is 2. The van der Waals surface area contributed by atoms with Crippen molar-refractivity contribution < 1.29 is 8.78 Å². The average Bonchev–Trinajstić information content (AvgIpc) is 2.58. The SMILES string of the molecule is FC(F)c1cc(Cl)cc2[nH]c(CBr)nc12. The number of nitrogens with zero attached hydrogens (tertiary/aromatic N) is 1. The quantitative estimate of drug-likeness (QED) is 0.832. The summed E-state index contributed by atoms with van der Waals surface area (Å²) in [5.41, 5.74) is 0.678. The molecule has 1 heterocycles. The highest BCUT2D eigenvalue weighted by Gasteiger charge is 2.15. The van der Waals surface area contributed by atoms with E-state index in [9.17, 15) is 8.78 Å². The minimum absolute atomic E-state index is 0.138. The first kappa shape index (κ1) is 10.8. The predicted octanol–water partition coefficient (Wildman–Crippen LogP) is 4.05. The zero-order valence-electron chi connectivity index (χ0n) is 7.40. The molecular formula is C9H6BrClF2N2. The predicted molar refractivity (Wildman–Crippen MR) is 58.7 cm³/mol. The fraction of sp³-hybridized carbons (Fsp3) is 0.222. The Morgan fingerprint density at radius 1 is 1.47 bits per heavy atom. The third kappa shape index (κ3) is 1.99. The van der Waals surface area contributed by atoms with Crippen molar-refractivity contribution in [3.63, 3.8) is 0 Å². The highest BCUT2D eigenvalue weighted by atomic mass is 79.9. The van der Waals surface area contributed by atoms with Crippen LogP contribution in [0, 0.1) is 0 Å². The van der Waals surface area contributed by atoms with Crippen molar-refractivity contribution in [3.05, 3.63) is 28.5 Å². The van der Waals surface area contributed by atoms with Crippen LogP contribution < -0.4 is 0 Å². The molecule has 2 rings (SSSR count). The maximum absolute atomic E-state index is 12.7. The number of alkyl halides is 3. The molecule has 0 atom stereocenters. The monoisotopic (exact) mass is 294 g/mol. The Hall–Kier alpha value is -0.680. The molecule has 0 fully saturated rings. The summed E-state index contributed by atoms with van der Waals surface area (Å²) in [5.74, 6) is 0.606. The molecule has 0 saturated carbocycles. The molecule has 0 aliphatic heterocycles. The maximum atomic E-state index is 12.7. The number of halogens is 4. The third-order valence-electron chi connectivity index (χ3n) is 1.99. The van der Waals surface area contributed by atoms with Gasteiger partial charge in [0.1, 0.15) is 5.82 Å². The molecule has 0 unspecified atom stereocenters. The normalized spacial score (nSPS) is 11.5. The van der Waals surface area contributed by atoms with Crippen LogP contribution in [0.25, 0.3) is 11.0 Å². The van der Waals surface area contributed by atoms with Gasteiger partial charge in [0.15, 0.2) is 0 Å². The fourth-order valence-electron chi connectivity index (χ4n) is 1.39. The zero-order chi connectivity index (χ0) is 11.0. The topological polar surface area (TPSA) is 28.7 Å². The molecule has 6 heteroatoms. The van der Waals surface area contributed by atoms with E-state index < -0.39 is 6.43 Å². The molecule has 1 N–H and O–H groups in total. The molecular weight excluding hydrogens is 289 g/mol. The lowest BCUT2D eigenvalue weighted by Crippen LogP contribution is -1.86. The van der Waals surface area contributed by atoms with E-state index in [0.29, 0.717) is 16.7 Å². The Labute approximate surface area is 97.8 Å². The minimum atomic E-state index is -2.57. The van der Waals surface area contributed by atoms with Gasteiger partial charge in [0, 0.05) is 10.6 Å². The number of benzene rings is 1. The molecule has 0 spiro atoms. The number of H-pyrrole nitrogens is 1. The molecule has 1 aromatic carbocycles. The lowest BCUT2D eigenvalue weighted by Gasteiger charge is -2.00. The molecule has 0 amide bonds. The van der Waals surface area contributed by atoms with Gasteiger partial charge in [-0.3, -0.25) is 0 Å². The first-order valence-corrected chi connectivity index (χ1v) is 5.64. The molecule has 1 aromatic heterocycles. The molecule has 0 radical (unpaired) electrons. The van der Waals surface area contributed by atoms with Crippen LogP contribution in [0.3, 0.4) is 0 Å². The minimum Gasteiger partial charge on any atom is -0.341 e. The summed E-state index contributed by atoms with van der Waals surface area (Å²) in [5, 5.41) is 0.768. The molecule has 0 bridgehead atoms. The van der Waals surface area contributed by atoms with Crippen molar-refractivity contribution >= 4 is 38.6 Å². The van der Waals surface area contributed by atoms with E-state index in [4.69, 9.17) is 11.6 Å². The standard InChI is InChI=1S/C9H6BrClF2N2/c10-3-7-14-6-2-4(11)1-5(9(12)13)8(6)15-7/h1-2,9H,3H2,(H,14,15). The van der Waals surface area contributed by atoms with Crippen LogP contribution in [0.5, 0.6) is 0 Å². The van der Waals surface area contributed by atoms with Crippen LogP contribution in [-0.4, -0.2) is 9.97 Å². The lowest BCUT2D eigenvalue weighted by atomic mass is 10.2. The van der Waals surface area contributed by atoms with Crippen molar-refractivity contribution in [1.29, 1.82) is 0 Å². The summed E-state index contributed by atoms with van der Waals surface area (Å²) in [6, 6.07) is 2.83. The first-order valence-electron chi connectivity index (χ1n) is 4.14. The first-order chi connectivity index (χ1) is 7.11. The summed E-state index contributed by atoms with van der Waals surface area (Å²) in [6.45, 7) is 0. The molecule has 15 heavy (non-hydrogen) atoms. The van der Waals surface area contributed by atoms with Crippen LogP contribution in [0.1, 0.15) is 17.8 Å². The smallest absolute Gasteiger partial charge is 0.266 e. The number of rotatable bonds is 2. The van der Waals surface area contributed by atoms with E-state index in [2.05, 4.69) is 25.9 Å². The molecule has 80 valence electrons. The van der Waals surface area contributed by atoms with E-state index in [-0.39, 0.29) is 16.1 Å². The van der Waals surface area contributed by atoms with Crippen molar-refractivity contribution in [2.75, 3.05) is 0 Å². The number of nitrogens with one attached hydrogen (secondary N) is 1. The highest BCUT2D eigenvalue weighted by molar-refractivity contribution is 9.08. The van der Waals surface area contributed by atoms with Crippen LogP contribution >= 0.6 is 27.5 Å². The second kappa shape index (κ2) is 4.06. The van der Waals surface area contributed by atoms with E-state index in [0.717, 1.165) is 0 Å². The Balaban J connectivity index is 2.72. The Bertz CT molecular complexity index is 498. The van der Waals surface area contributed by atoms with Crippen molar-refractivity contribution in [2.45, 2.75) is 11.8 Å². The maximum Gasteiger partial charge on any atom is 0.266 e. The van der Waals surface area contributed by atoms with Gasteiger partial charge in [-0.25, -0.2) is 13.8 Å². The van der Waals surface area contributed by atoms with E-state index in [1.807, 2.05) is 0 Å². The van der Waals surface area contributed by atoms with Crippen LogP contribution in [0.2, 0.25) is 5.02 Å². The zero-order valence-corrected chi connectivity index (χ0v) is 9.74. The van der Waals surface area contributed by atoms with Gasteiger partial charge in [0.2, 0.25) is 0 Å². The summed E-state index contributed by atoms with van der Waals surface area (Å²) in [6.07, 6.45) is -2.57. The van der Waals surface area contributed by atoms with Crippen molar-refractivity contribution in [1.82, 2.24) is 9.97 Å². The van der Waals surface area contributed by atoms with Crippen LogP contribution in [0.4, 0.5) is 8.78 Å². The molecule has 0 aliphatic rings. The molecule has 0 saturated heterocycles. The van der Waals surface area contributed by atoms with Gasteiger partial charge in [0.25, 0.3) is 6.43 Å². The van der Waals surface area contributed by atoms with Gasteiger partial charge in [-0.05, 0) is 12.1 Å². The van der Waals surface area contributed by atoms with Gasteiger partial charge in [0.05, 0.1) is 16.4 Å². The van der Waals surface area contributed by atoms with Gasteiger partial charge >= 0.3 is 0 Å². The number of hydrogen-bond donors (Lipinski definition) is 1. The Kier molecular flexibility index (Phi) is 2.93. The van der Waals surface area contributed by atoms with Crippen LogP contribution in [-0.2, 0) is 5.33 Å². The number of fused-ring (bicyclic) bond motifs is 1. The van der Waals surface area contributed by atoms with Gasteiger partial charge < -0.3 is 4.98 Å². The third-order valence-corrected chi connectivity index (χ3v) is 2.74. The van der Waals surface area contributed by atoms with Crippen LogP contribution in [0.15, 0.2) is 12.1 Å². The lowest BCUT2D eigenvalue weighted by molar-refractivity contribution is 0.153. The summed E-state index contributed by atoms with van der Waals surface area (Å²) in [4.78, 5) is 6.96. The number of imidazole rings is 1. The molecule has 0 aliphatic carbocycles. The molecule has 2 aromatic rings. The summed E-state index contributed by atoms with van der Waals surface area (Å²) >= 11 is 8.93. The fourth-order valence-corrected chi connectivity index (χ4v) is 1.88. The largest absolute Gasteiger partial charge is 0.341 e. The summed E-state index contributed by atoms with van der Waals surface area (Å²) < 4.78 is 25.3. The van der Waals surface area contributed by atoms with E-state index in [1.165, 1.54) is 6.07 Å². The molecule has 2 nitrogen and oxygen atoms in total. The van der Waals surface area contributed by atoms with E-state index in [1.54, 1.807) is 6.07 Å². The summed E-state index contributed by atoms with van der Waals surface area (Å²) in [7, 11) is 0. The number of aromatic amines is 1. The Morgan fingerprint density at radius 3 is 2.80 bits per heavy atom. The van der Waals surface area contributed by atoms with Gasteiger partial charge in [-0.15, -0.1) is 0 Å².